The zero-order chi connectivity index (χ0) is 18.5. The van der Waals surface area contributed by atoms with Crippen molar-refractivity contribution in [3.05, 3.63) is 34.6 Å². The molecule has 25 heavy (non-hydrogen) atoms. The fraction of sp³-hybridized carbons (Fsp3) is 0.471. The number of aliphatic imine (C=N–C) groups is 1. The topological polar surface area (TPSA) is 104 Å². The summed E-state index contributed by atoms with van der Waals surface area (Å²) < 4.78 is 25.4. The molecule has 0 bridgehead atoms. The van der Waals surface area contributed by atoms with E-state index in [0.717, 1.165) is 0 Å². The van der Waals surface area contributed by atoms with Crippen LogP contribution in [0.5, 0.6) is 0 Å². The molecule has 130 valence electrons. The highest BCUT2D eigenvalue weighted by Gasteiger charge is 2.93. The number of ether oxygens (including phenoxy) is 2. The number of nitrogens with two attached hydrogens (primary N) is 1. The summed E-state index contributed by atoms with van der Waals surface area (Å²) >= 11 is 5.74. The van der Waals surface area contributed by atoms with Gasteiger partial charge in [-0.15, -0.1) is 0 Å². The van der Waals surface area contributed by atoms with Gasteiger partial charge in [-0.2, -0.15) is 10.5 Å². The average Bonchev–Trinajstić information content (AvgIpc) is 3.16. The van der Waals surface area contributed by atoms with Crippen molar-refractivity contribution in [3.8, 4) is 12.1 Å². The smallest absolute Gasteiger partial charge is 0.293 e. The van der Waals surface area contributed by atoms with E-state index in [-0.39, 0.29) is 24.1 Å². The molecule has 1 aliphatic heterocycles. The number of halogens is 2. The summed E-state index contributed by atoms with van der Waals surface area (Å²) in [6.07, 6.45) is 0. The summed E-state index contributed by atoms with van der Waals surface area (Å²) in [4.78, 5) is 4.22. The van der Waals surface area contributed by atoms with Gasteiger partial charge in [0.15, 0.2) is 5.41 Å². The van der Waals surface area contributed by atoms with Crippen molar-refractivity contribution < 1.29 is 13.9 Å². The average molecular weight is 363 g/mol. The van der Waals surface area contributed by atoms with E-state index < -0.39 is 28.5 Å². The van der Waals surface area contributed by atoms with Crippen LogP contribution in [-0.4, -0.2) is 25.0 Å². The lowest BCUT2D eigenvalue weighted by molar-refractivity contribution is -0.255. The minimum absolute atomic E-state index is 0.0428. The third-order valence-corrected chi connectivity index (χ3v) is 5.19. The van der Waals surface area contributed by atoms with E-state index in [1.807, 2.05) is 0 Å². The molecule has 0 spiro atoms. The molecule has 1 aliphatic carbocycles. The van der Waals surface area contributed by atoms with Crippen LogP contribution in [-0.2, 0) is 9.47 Å². The van der Waals surface area contributed by atoms with Gasteiger partial charge in [0.25, 0.3) is 5.91 Å². The number of nitriles is 2. The second kappa shape index (κ2) is 5.67. The van der Waals surface area contributed by atoms with Gasteiger partial charge in [0, 0.05) is 19.1 Å². The summed E-state index contributed by atoms with van der Waals surface area (Å²) in [6.45, 7) is 3.85. The second-order valence-electron chi connectivity index (χ2n) is 5.89. The maximum atomic E-state index is 14.0. The van der Waals surface area contributed by atoms with Crippen molar-refractivity contribution >= 4 is 17.4 Å². The molecular formula is C17H16ClFN4O2. The predicted octanol–water partition coefficient (Wildman–Crippen LogP) is 2.69. The molecular weight excluding hydrogens is 347 g/mol. The highest BCUT2D eigenvalue weighted by molar-refractivity contribution is 6.30. The maximum Gasteiger partial charge on any atom is 0.293 e. The van der Waals surface area contributed by atoms with Crippen molar-refractivity contribution in [1.29, 1.82) is 10.5 Å². The summed E-state index contributed by atoms with van der Waals surface area (Å²) in [5, 5.41) is 19.8. The van der Waals surface area contributed by atoms with Crippen LogP contribution in [0.2, 0.25) is 5.02 Å². The molecule has 8 heteroatoms. The molecule has 0 aromatic heterocycles. The number of fused-ring (bicyclic) bond motifs is 1. The molecule has 1 saturated carbocycles. The van der Waals surface area contributed by atoms with Gasteiger partial charge in [-0.05, 0) is 31.5 Å². The first-order valence-corrected chi connectivity index (χ1v) is 8.19. The number of amidine groups is 1. The van der Waals surface area contributed by atoms with Crippen LogP contribution in [0.3, 0.4) is 0 Å². The Labute approximate surface area is 149 Å². The van der Waals surface area contributed by atoms with Crippen molar-refractivity contribution in [3.63, 3.8) is 0 Å². The summed E-state index contributed by atoms with van der Waals surface area (Å²) in [5.74, 6) is -3.12. The van der Waals surface area contributed by atoms with Crippen molar-refractivity contribution in [1.82, 2.24) is 0 Å². The highest BCUT2D eigenvalue weighted by Crippen LogP contribution is 2.82. The molecule has 2 aliphatic rings. The Morgan fingerprint density at radius 2 is 1.92 bits per heavy atom. The number of rotatable bonds is 5. The molecule has 3 rings (SSSR count). The molecule has 1 fully saturated rings. The third kappa shape index (κ3) is 1.86. The third-order valence-electron chi connectivity index (χ3n) is 4.88. The number of hydrogen-bond acceptors (Lipinski definition) is 6. The molecule has 0 saturated heterocycles. The predicted molar refractivity (Wildman–Crippen MR) is 87.8 cm³/mol. The second-order valence-corrected chi connectivity index (χ2v) is 6.30. The standard InChI is InChI=1S/C17H16ClFN4O2/c1-3-24-17(25-4-2)16(9-21)13(15(16,8-20)14(22)23-17)10-5-6-11(18)12(19)7-10/h5-7,13H,3-4H2,1-2H3,(H2,22,23). The van der Waals surface area contributed by atoms with Crippen LogP contribution >= 0.6 is 11.6 Å². The van der Waals surface area contributed by atoms with E-state index in [4.69, 9.17) is 26.8 Å². The fourth-order valence-electron chi connectivity index (χ4n) is 3.94. The van der Waals surface area contributed by atoms with E-state index in [0.29, 0.717) is 5.56 Å². The van der Waals surface area contributed by atoms with Crippen molar-refractivity contribution in [2.24, 2.45) is 21.6 Å². The van der Waals surface area contributed by atoms with Gasteiger partial charge in [0.1, 0.15) is 17.1 Å². The van der Waals surface area contributed by atoms with Crippen LogP contribution in [0, 0.1) is 39.3 Å². The number of hydrogen-bond donors (Lipinski definition) is 1. The fourth-order valence-corrected chi connectivity index (χ4v) is 4.06. The number of benzene rings is 1. The van der Waals surface area contributed by atoms with E-state index in [1.54, 1.807) is 19.9 Å². The van der Waals surface area contributed by atoms with Gasteiger partial charge in [0.05, 0.1) is 17.2 Å². The lowest BCUT2D eigenvalue weighted by Gasteiger charge is -2.31. The first-order valence-electron chi connectivity index (χ1n) is 7.81. The van der Waals surface area contributed by atoms with E-state index in [1.165, 1.54) is 12.1 Å². The lowest BCUT2D eigenvalue weighted by Crippen LogP contribution is -2.43. The maximum absolute atomic E-state index is 14.0. The van der Waals surface area contributed by atoms with E-state index in [2.05, 4.69) is 17.1 Å². The molecule has 1 aromatic rings. The summed E-state index contributed by atoms with van der Waals surface area (Å²) in [6, 6.07) is 8.44. The molecule has 1 heterocycles. The quantitative estimate of drug-likeness (QED) is 0.811. The van der Waals surface area contributed by atoms with Crippen LogP contribution < -0.4 is 5.73 Å². The van der Waals surface area contributed by atoms with Crippen LogP contribution in [0.25, 0.3) is 0 Å². The Morgan fingerprint density at radius 1 is 1.28 bits per heavy atom. The van der Waals surface area contributed by atoms with Gasteiger partial charge in [0.2, 0.25) is 0 Å². The Bertz CT molecular complexity index is 840. The molecule has 1 aromatic carbocycles. The van der Waals surface area contributed by atoms with Gasteiger partial charge in [-0.3, -0.25) is 0 Å². The van der Waals surface area contributed by atoms with E-state index in [9.17, 15) is 14.9 Å². The van der Waals surface area contributed by atoms with Gasteiger partial charge < -0.3 is 15.2 Å². The minimum atomic E-state index is -1.70. The molecule has 0 radical (unpaired) electrons. The normalized spacial score (nSPS) is 31.6. The SMILES string of the molecule is CCOC1(OCC)N=C(N)C2(C#N)C(c3ccc(Cl)c(F)c3)C12C#N. The number of nitrogens with zero attached hydrogens (tertiary/aromatic N) is 3. The first kappa shape index (κ1) is 17.6. The molecule has 3 atom stereocenters. The summed E-state index contributed by atoms with van der Waals surface area (Å²) in [5.41, 5.74) is 3.54. The van der Waals surface area contributed by atoms with E-state index >= 15 is 0 Å². The monoisotopic (exact) mass is 362 g/mol. The Hall–Kier alpha value is -2.19. The van der Waals surface area contributed by atoms with Crippen molar-refractivity contribution in [2.45, 2.75) is 25.7 Å². The lowest BCUT2D eigenvalue weighted by atomic mass is 9.93. The Balaban J connectivity index is 2.23. The van der Waals surface area contributed by atoms with Crippen LogP contribution in [0.4, 0.5) is 4.39 Å². The Kier molecular flexibility index (Phi) is 4.00. The zero-order valence-electron chi connectivity index (χ0n) is 13.7. The Morgan fingerprint density at radius 3 is 2.40 bits per heavy atom. The van der Waals surface area contributed by atoms with Crippen molar-refractivity contribution in [2.75, 3.05) is 13.2 Å². The van der Waals surface area contributed by atoms with Gasteiger partial charge in [-0.1, -0.05) is 17.7 Å². The molecule has 3 unspecified atom stereocenters. The van der Waals surface area contributed by atoms with Gasteiger partial charge in [-0.25, -0.2) is 9.38 Å². The summed E-state index contributed by atoms with van der Waals surface area (Å²) in [7, 11) is 0. The zero-order valence-corrected chi connectivity index (χ0v) is 14.5. The largest absolute Gasteiger partial charge is 0.386 e. The van der Waals surface area contributed by atoms with Crippen LogP contribution in [0.1, 0.15) is 25.3 Å². The highest BCUT2D eigenvalue weighted by atomic mass is 35.5. The van der Waals surface area contributed by atoms with Crippen LogP contribution in [0.15, 0.2) is 23.2 Å². The minimum Gasteiger partial charge on any atom is -0.386 e. The first-order chi connectivity index (χ1) is 11.9. The van der Waals surface area contributed by atoms with Gasteiger partial charge >= 0.3 is 0 Å². The molecule has 0 amide bonds. The molecule has 2 N–H and O–H groups in total. The molecule has 6 nitrogen and oxygen atoms in total.